The first kappa shape index (κ1) is 21.9. The van der Waals surface area contributed by atoms with E-state index in [-0.39, 0.29) is 39.7 Å². The maximum atomic E-state index is 12.9. The summed E-state index contributed by atoms with van der Waals surface area (Å²) in [5.41, 5.74) is 0.718. The van der Waals surface area contributed by atoms with E-state index in [1.54, 1.807) is 6.92 Å². The van der Waals surface area contributed by atoms with Gasteiger partial charge in [-0.15, -0.1) is 10.2 Å². The number of halogens is 1. The van der Waals surface area contributed by atoms with Crippen molar-refractivity contribution in [1.82, 2.24) is 20.5 Å². The number of pyridine rings is 1. The second kappa shape index (κ2) is 8.52. The number of nitrogens with zero attached hydrogens (tertiary/aromatic N) is 4. The Balaban J connectivity index is 2.08. The van der Waals surface area contributed by atoms with Crippen LogP contribution in [0.5, 0.6) is 0 Å². The smallest absolute Gasteiger partial charge is 0.273 e. The van der Waals surface area contributed by atoms with E-state index in [1.165, 1.54) is 32.5 Å². The molecular formula is C18H22ClN7O3S. The highest BCUT2D eigenvalue weighted by molar-refractivity contribution is 7.93. The van der Waals surface area contributed by atoms with E-state index in [1.807, 2.05) is 0 Å². The summed E-state index contributed by atoms with van der Waals surface area (Å²) in [4.78, 5) is 29.0. The summed E-state index contributed by atoms with van der Waals surface area (Å²) >= 11 is 6.18. The molecule has 0 aliphatic heterocycles. The Labute approximate surface area is 179 Å². The Bertz CT molecular complexity index is 1140. The molecule has 1 aliphatic rings. The van der Waals surface area contributed by atoms with Crippen LogP contribution < -0.4 is 16.0 Å². The van der Waals surface area contributed by atoms with E-state index in [0.717, 1.165) is 12.8 Å². The predicted molar refractivity (Wildman–Crippen MR) is 115 cm³/mol. The molecule has 160 valence electrons. The molecule has 2 aromatic heterocycles. The lowest BCUT2D eigenvalue weighted by molar-refractivity contribution is -0.117. The summed E-state index contributed by atoms with van der Waals surface area (Å²) in [5.74, 6) is -0.260. The van der Waals surface area contributed by atoms with Gasteiger partial charge in [-0.2, -0.15) is 0 Å². The average Bonchev–Trinajstić information content (AvgIpc) is 3.55. The Morgan fingerprint density at radius 2 is 1.97 bits per heavy atom. The zero-order chi connectivity index (χ0) is 22.1. The molecule has 1 atom stereocenters. The number of aromatic nitrogens is 3. The Hall–Kier alpha value is -2.79. The summed E-state index contributed by atoms with van der Waals surface area (Å²) in [7, 11) is 0.0999. The summed E-state index contributed by atoms with van der Waals surface area (Å²) in [5, 5.41) is 16.4. The predicted octanol–water partition coefficient (Wildman–Crippen LogP) is 2.37. The van der Waals surface area contributed by atoms with Gasteiger partial charge in [-0.25, -0.2) is 13.6 Å². The van der Waals surface area contributed by atoms with Crippen LogP contribution in [0.25, 0.3) is 0 Å². The van der Waals surface area contributed by atoms with Crippen LogP contribution >= 0.6 is 11.6 Å². The van der Waals surface area contributed by atoms with Crippen molar-refractivity contribution in [1.29, 1.82) is 0 Å². The molecule has 1 saturated carbocycles. The van der Waals surface area contributed by atoms with Crippen LogP contribution in [-0.2, 0) is 14.5 Å². The largest absolute Gasteiger partial charge is 0.354 e. The van der Waals surface area contributed by atoms with Crippen LogP contribution in [0.1, 0.15) is 29.0 Å². The molecule has 1 aliphatic carbocycles. The second-order valence-electron chi connectivity index (χ2n) is 6.85. The van der Waals surface area contributed by atoms with E-state index >= 15 is 0 Å². The first-order valence-corrected chi connectivity index (χ1v) is 11.4. The molecule has 1 fully saturated rings. The number of rotatable bonds is 6. The Morgan fingerprint density at radius 3 is 2.57 bits per heavy atom. The highest BCUT2D eigenvalue weighted by Crippen LogP contribution is 2.32. The summed E-state index contributed by atoms with van der Waals surface area (Å²) in [6.45, 7) is 1.70. The highest BCUT2D eigenvalue weighted by atomic mass is 35.5. The van der Waals surface area contributed by atoms with E-state index < -0.39 is 15.6 Å². The molecule has 3 N–H and O–H groups in total. The number of nitrogens with one attached hydrogen (secondary N) is 3. The minimum atomic E-state index is -2.80. The number of hydrogen-bond donors (Lipinski definition) is 3. The van der Waals surface area contributed by atoms with E-state index in [2.05, 4.69) is 35.5 Å². The van der Waals surface area contributed by atoms with Crippen molar-refractivity contribution < 1.29 is 13.8 Å². The lowest BCUT2D eigenvalue weighted by Crippen LogP contribution is -2.23. The van der Waals surface area contributed by atoms with Gasteiger partial charge < -0.3 is 16.0 Å². The quantitative estimate of drug-likeness (QED) is 0.612. The van der Waals surface area contributed by atoms with Crippen molar-refractivity contribution in [3.63, 3.8) is 0 Å². The monoisotopic (exact) mass is 451 g/mol. The van der Waals surface area contributed by atoms with Gasteiger partial charge in [0.1, 0.15) is 5.82 Å². The van der Waals surface area contributed by atoms with Gasteiger partial charge in [0, 0.05) is 32.3 Å². The maximum absolute atomic E-state index is 12.9. The number of hydrogen-bond acceptors (Lipinski definition) is 8. The molecule has 2 heterocycles. The van der Waals surface area contributed by atoms with Crippen LogP contribution in [0.4, 0.5) is 17.3 Å². The number of carbonyl (C=O) groups is 2. The zero-order valence-electron chi connectivity index (χ0n) is 16.9. The second-order valence-corrected chi connectivity index (χ2v) is 9.66. The van der Waals surface area contributed by atoms with Gasteiger partial charge in [0.25, 0.3) is 5.91 Å². The van der Waals surface area contributed by atoms with Crippen molar-refractivity contribution in [3.8, 4) is 0 Å². The van der Waals surface area contributed by atoms with Crippen LogP contribution in [0.15, 0.2) is 21.4 Å². The average molecular weight is 452 g/mol. The van der Waals surface area contributed by atoms with Gasteiger partial charge >= 0.3 is 0 Å². The Kier molecular flexibility index (Phi) is 6.22. The molecule has 2 aromatic rings. The summed E-state index contributed by atoms with van der Waals surface area (Å²) in [6, 6.07) is 3.01. The van der Waals surface area contributed by atoms with E-state index in [9.17, 15) is 13.8 Å². The molecule has 12 heteroatoms. The van der Waals surface area contributed by atoms with Crippen LogP contribution in [0.3, 0.4) is 0 Å². The molecule has 10 nitrogen and oxygen atoms in total. The van der Waals surface area contributed by atoms with Crippen LogP contribution in [0, 0.1) is 12.8 Å². The van der Waals surface area contributed by atoms with Crippen molar-refractivity contribution >= 4 is 50.5 Å². The molecule has 0 saturated heterocycles. The van der Waals surface area contributed by atoms with Crippen molar-refractivity contribution in [3.05, 3.63) is 28.5 Å². The summed E-state index contributed by atoms with van der Waals surface area (Å²) < 4.78 is 16.9. The minimum absolute atomic E-state index is 0.0155. The van der Waals surface area contributed by atoms with Gasteiger partial charge in [0.15, 0.2) is 11.5 Å². The number of amides is 2. The van der Waals surface area contributed by atoms with Crippen molar-refractivity contribution in [2.45, 2.75) is 24.7 Å². The molecule has 0 bridgehead atoms. The van der Waals surface area contributed by atoms with Gasteiger partial charge in [-0.3, -0.25) is 9.59 Å². The first-order valence-electron chi connectivity index (χ1n) is 9.11. The molecule has 0 radical (unpaired) electrons. The third-order valence-electron chi connectivity index (χ3n) is 4.56. The van der Waals surface area contributed by atoms with Crippen LogP contribution in [0.2, 0.25) is 5.02 Å². The topological polar surface area (TPSA) is 138 Å². The molecule has 0 aromatic carbocycles. The van der Waals surface area contributed by atoms with Gasteiger partial charge in [-0.05, 0) is 25.8 Å². The SMILES string of the molecule is CN=S(C)(=O)c1cc(Cl)c(C)nc1Nc1cc(NC(=O)C2CC2)nnc1C(=O)NC. The minimum Gasteiger partial charge on any atom is -0.354 e. The van der Waals surface area contributed by atoms with Crippen LogP contribution in [-0.4, -0.2) is 51.6 Å². The first-order chi connectivity index (χ1) is 14.2. The lowest BCUT2D eigenvalue weighted by atomic mass is 10.2. The van der Waals surface area contributed by atoms with E-state index in [4.69, 9.17) is 11.6 Å². The molecule has 2 amide bonds. The normalized spacial score (nSPS) is 15.1. The standard InChI is InChI=1S/C18H22ClN7O3S/c1-9-11(19)7-13(30(4,29)21-3)16(22-9)23-12-8-14(24-17(27)10-5-6-10)25-26-15(12)18(28)20-2/h7-8,10H,5-6H2,1-4H3,(H,20,28)(H2,22,23,24,25,27). The van der Waals surface area contributed by atoms with Gasteiger partial charge in [-0.1, -0.05) is 11.6 Å². The molecule has 30 heavy (non-hydrogen) atoms. The van der Waals surface area contributed by atoms with Crippen molar-refractivity contribution in [2.75, 3.05) is 31.0 Å². The van der Waals surface area contributed by atoms with Gasteiger partial charge in [0.05, 0.1) is 31.0 Å². The lowest BCUT2D eigenvalue weighted by Gasteiger charge is -2.16. The molecule has 0 spiro atoms. The number of aryl methyl sites for hydroxylation is 1. The third kappa shape index (κ3) is 4.68. The fraction of sp³-hybridized carbons (Fsp3) is 0.389. The fourth-order valence-electron chi connectivity index (χ4n) is 2.58. The highest BCUT2D eigenvalue weighted by Gasteiger charge is 2.30. The molecule has 1 unspecified atom stereocenters. The number of carbonyl (C=O) groups excluding carboxylic acids is 2. The van der Waals surface area contributed by atoms with Gasteiger partial charge in [0.2, 0.25) is 5.91 Å². The fourth-order valence-corrected chi connectivity index (χ4v) is 3.78. The maximum Gasteiger partial charge on any atom is 0.273 e. The van der Waals surface area contributed by atoms with Crippen molar-refractivity contribution in [2.24, 2.45) is 10.3 Å². The van der Waals surface area contributed by atoms with E-state index in [0.29, 0.717) is 10.7 Å². The molecular weight excluding hydrogens is 430 g/mol. The zero-order valence-corrected chi connectivity index (χ0v) is 18.5. The summed E-state index contributed by atoms with van der Waals surface area (Å²) in [6.07, 6.45) is 3.14. The third-order valence-corrected chi connectivity index (χ3v) is 6.77. The number of anilines is 3. The molecule has 3 rings (SSSR count). The Morgan fingerprint density at radius 1 is 1.27 bits per heavy atom.